The van der Waals surface area contributed by atoms with Crippen LogP contribution in [0.15, 0.2) is 59.6 Å². The molecule has 0 bridgehead atoms. The molecule has 0 aliphatic carbocycles. The topological polar surface area (TPSA) is 53.2 Å². The Morgan fingerprint density at radius 3 is 2.59 bits per heavy atom. The average Bonchev–Trinajstić information content (AvgIpc) is 3.11. The molecule has 2 aromatic carbocycles. The van der Waals surface area contributed by atoms with Crippen LogP contribution in [0.4, 0.5) is 4.39 Å². The number of nitrogens with one attached hydrogen (secondary N) is 1. The normalized spacial score (nSPS) is 15.9. The zero-order chi connectivity index (χ0) is 19.0. The second-order valence-corrected chi connectivity index (χ2v) is 8.67. The first-order valence-corrected chi connectivity index (χ1v) is 10.5. The number of sulfonamides is 1. The standard InChI is InChI=1S/C21H21FN2O2S/c1-2-15-3-6-18(7-4-15)27(25,26)24-11-9-16(10-12-24)20-14-23-21-13-17(22)5-8-19(20)21/h3-9,13-14,23H,2,10-12H2,1H3. The number of aromatic nitrogens is 1. The molecule has 0 radical (unpaired) electrons. The summed E-state index contributed by atoms with van der Waals surface area (Å²) in [6.45, 7) is 2.80. The number of aromatic amines is 1. The predicted octanol–water partition coefficient (Wildman–Crippen LogP) is 4.35. The molecular weight excluding hydrogens is 363 g/mol. The molecule has 0 atom stereocenters. The monoisotopic (exact) mass is 384 g/mol. The van der Waals surface area contributed by atoms with Gasteiger partial charge in [0.15, 0.2) is 0 Å². The highest BCUT2D eigenvalue weighted by molar-refractivity contribution is 7.89. The second-order valence-electron chi connectivity index (χ2n) is 6.73. The third-order valence-electron chi connectivity index (χ3n) is 5.13. The van der Waals surface area contributed by atoms with Gasteiger partial charge in [-0.1, -0.05) is 25.1 Å². The molecule has 6 heteroatoms. The summed E-state index contributed by atoms with van der Waals surface area (Å²) in [4.78, 5) is 3.42. The summed E-state index contributed by atoms with van der Waals surface area (Å²) in [6, 6.07) is 11.8. The Balaban J connectivity index is 1.58. The highest BCUT2D eigenvalue weighted by Gasteiger charge is 2.26. The first kappa shape index (κ1) is 17.9. The van der Waals surface area contributed by atoms with Gasteiger partial charge in [-0.05, 0) is 54.3 Å². The van der Waals surface area contributed by atoms with Gasteiger partial charge in [0.05, 0.1) is 4.90 Å². The van der Waals surface area contributed by atoms with Crippen molar-refractivity contribution in [2.24, 2.45) is 0 Å². The molecule has 0 saturated carbocycles. The van der Waals surface area contributed by atoms with Crippen molar-refractivity contribution in [3.05, 3.63) is 71.7 Å². The van der Waals surface area contributed by atoms with Crippen molar-refractivity contribution in [1.29, 1.82) is 0 Å². The minimum Gasteiger partial charge on any atom is -0.360 e. The van der Waals surface area contributed by atoms with E-state index in [9.17, 15) is 12.8 Å². The molecule has 3 aromatic rings. The van der Waals surface area contributed by atoms with Crippen LogP contribution in [0, 0.1) is 5.82 Å². The van der Waals surface area contributed by atoms with Crippen molar-refractivity contribution in [3.63, 3.8) is 0 Å². The van der Waals surface area contributed by atoms with Crippen LogP contribution in [0.5, 0.6) is 0 Å². The Labute approximate surface area is 158 Å². The summed E-state index contributed by atoms with van der Waals surface area (Å²) in [7, 11) is -3.50. The lowest BCUT2D eigenvalue weighted by atomic mass is 10.00. The maximum atomic E-state index is 13.4. The van der Waals surface area contributed by atoms with Gasteiger partial charge in [0, 0.05) is 35.8 Å². The van der Waals surface area contributed by atoms with Gasteiger partial charge >= 0.3 is 0 Å². The summed E-state index contributed by atoms with van der Waals surface area (Å²) in [6.07, 6.45) is 5.32. The zero-order valence-corrected chi connectivity index (χ0v) is 15.9. The van der Waals surface area contributed by atoms with Gasteiger partial charge in [0.2, 0.25) is 10.0 Å². The Morgan fingerprint density at radius 1 is 1.15 bits per heavy atom. The highest BCUT2D eigenvalue weighted by atomic mass is 32.2. The molecule has 1 aliphatic rings. The van der Waals surface area contributed by atoms with Gasteiger partial charge in [-0.15, -0.1) is 0 Å². The third-order valence-corrected chi connectivity index (χ3v) is 7.01. The average molecular weight is 384 g/mol. The van der Waals surface area contributed by atoms with E-state index in [1.807, 2.05) is 31.3 Å². The van der Waals surface area contributed by atoms with E-state index in [1.165, 1.54) is 16.4 Å². The number of H-pyrrole nitrogens is 1. The molecule has 1 N–H and O–H groups in total. The van der Waals surface area contributed by atoms with Gasteiger partial charge in [0.25, 0.3) is 0 Å². The molecule has 1 aliphatic heterocycles. The lowest BCUT2D eigenvalue weighted by Gasteiger charge is -2.26. The van der Waals surface area contributed by atoms with Crippen LogP contribution in [0.25, 0.3) is 16.5 Å². The van der Waals surface area contributed by atoms with Crippen LogP contribution in [0.3, 0.4) is 0 Å². The molecule has 1 aromatic heterocycles. The van der Waals surface area contributed by atoms with E-state index in [0.717, 1.165) is 34.0 Å². The predicted molar refractivity (Wildman–Crippen MR) is 105 cm³/mol. The molecule has 27 heavy (non-hydrogen) atoms. The summed E-state index contributed by atoms with van der Waals surface area (Å²) in [5.74, 6) is -0.278. The summed E-state index contributed by atoms with van der Waals surface area (Å²) < 4.78 is 40.6. The number of fused-ring (bicyclic) bond motifs is 1. The highest BCUT2D eigenvalue weighted by Crippen LogP contribution is 2.31. The number of halogens is 1. The van der Waals surface area contributed by atoms with Crippen molar-refractivity contribution >= 4 is 26.5 Å². The van der Waals surface area contributed by atoms with Gasteiger partial charge in [-0.25, -0.2) is 12.8 Å². The Kier molecular flexibility index (Phi) is 4.61. The maximum absolute atomic E-state index is 13.4. The first-order chi connectivity index (χ1) is 13.0. The number of aryl methyl sites for hydroxylation is 1. The maximum Gasteiger partial charge on any atom is 0.243 e. The minimum absolute atomic E-state index is 0.278. The van der Waals surface area contributed by atoms with E-state index in [-0.39, 0.29) is 5.82 Å². The van der Waals surface area contributed by atoms with Gasteiger partial charge < -0.3 is 4.98 Å². The number of nitrogens with zero attached hydrogens (tertiary/aromatic N) is 1. The smallest absolute Gasteiger partial charge is 0.243 e. The molecule has 2 heterocycles. The molecule has 4 nitrogen and oxygen atoms in total. The van der Waals surface area contributed by atoms with E-state index in [2.05, 4.69) is 4.98 Å². The fourth-order valence-corrected chi connectivity index (χ4v) is 4.90. The largest absolute Gasteiger partial charge is 0.360 e. The Hall–Kier alpha value is -2.44. The lowest BCUT2D eigenvalue weighted by molar-refractivity contribution is 0.441. The fourth-order valence-electron chi connectivity index (χ4n) is 3.52. The number of hydrogen-bond acceptors (Lipinski definition) is 2. The number of benzene rings is 2. The van der Waals surface area contributed by atoms with Crippen molar-refractivity contribution < 1.29 is 12.8 Å². The third kappa shape index (κ3) is 3.31. The fraction of sp³-hybridized carbons (Fsp3) is 0.238. The van der Waals surface area contributed by atoms with E-state index in [1.54, 1.807) is 18.2 Å². The van der Waals surface area contributed by atoms with Gasteiger partial charge in [-0.2, -0.15) is 4.31 Å². The van der Waals surface area contributed by atoms with Crippen LogP contribution in [-0.2, 0) is 16.4 Å². The number of hydrogen-bond donors (Lipinski definition) is 1. The second kappa shape index (κ2) is 6.94. The van der Waals surface area contributed by atoms with Crippen molar-refractivity contribution in [2.75, 3.05) is 13.1 Å². The minimum atomic E-state index is -3.50. The zero-order valence-electron chi connectivity index (χ0n) is 15.1. The van der Waals surface area contributed by atoms with Crippen molar-refractivity contribution in [1.82, 2.24) is 9.29 Å². The van der Waals surface area contributed by atoms with Crippen molar-refractivity contribution in [2.45, 2.75) is 24.7 Å². The number of rotatable bonds is 4. The first-order valence-electron chi connectivity index (χ1n) is 9.04. The van der Waals surface area contributed by atoms with E-state index < -0.39 is 10.0 Å². The van der Waals surface area contributed by atoms with Crippen molar-refractivity contribution in [3.8, 4) is 0 Å². The Bertz CT molecular complexity index is 1110. The molecule has 4 rings (SSSR count). The Morgan fingerprint density at radius 2 is 1.93 bits per heavy atom. The lowest BCUT2D eigenvalue weighted by Crippen LogP contribution is -2.34. The van der Waals surface area contributed by atoms with Gasteiger partial charge in [-0.3, -0.25) is 0 Å². The van der Waals surface area contributed by atoms with Crippen LogP contribution in [-0.4, -0.2) is 30.8 Å². The molecule has 0 amide bonds. The van der Waals surface area contributed by atoms with Gasteiger partial charge in [0.1, 0.15) is 5.82 Å². The van der Waals surface area contributed by atoms with Crippen LogP contribution >= 0.6 is 0 Å². The molecular formula is C21H21FN2O2S. The molecule has 0 saturated heterocycles. The molecule has 0 spiro atoms. The van der Waals surface area contributed by atoms with E-state index >= 15 is 0 Å². The summed E-state index contributed by atoms with van der Waals surface area (Å²) in [5.41, 5.74) is 3.96. The van der Waals surface area contributed by atoms with Crippen LogP contribution < -0.4 is 0 Å². The molecule has 0 fully saturated rings. The van der Waals surface area contributed by atoms with Crippen LogP contribution in [0.2, 0.25) is 0 Å². The van der Waals surface area contributed by atoms with E-state index in [0.29, 0.717) is 24.4 Å². The summed E-state index contributed by atoms with van der Waals surface area (Å²) in [5, 5.41) is 0.953. The SMILES string of the molecule is CCc1ccc(S(=O)(=O)N2CC=C(c3c[nH]c4cc(F)ccc34)CC2)cc1. The molecule has 0 unspecified atom stereocenters. The van der Waals surface area contributed by atoms with E-state index in [4.69, 9.17) is 0 Å². The quantitative estimate of drug-likeness (QED) is 0.727. The summed E-state index contributed by atoms with van der Waals surface area (Å²) >= 11 is 0. The van der Waals surface area contributed by atoms with Crippen LogP contribution in [0.1, 0.15) is 24.5 Å². The molecule has 140 valence electrons.